The average molecular weight is 488 g/mol. The summed E-state index contributed by atoms with van der Waals surface area (Å²) in [7, 11) is 1.64. The molecule has 0 radical (unpaired) electrons. The number of likely N-dealkylation sites (N-methyl/N-ethyl adjacent to an activating group) is 1. The van der Waals surface area contributed by atoms with Gasteiger partial charge in [0.2, 0.25) is 5.91 Å². The summed E-state index contributed by atoms with van der Waals surface area (Å²) < 4.78 is 6.74. The van der Waals surface area contributed by atoms with E-state index in [-0.39, 0.29) is 30.6 Å². The molecule has 2 aromatic carbocycles. The van der Waals surface area contributed by atoms with Crippen LogP contribution in [0.2, 0.25) is 0 Å². The van der Waals surface area contributed by atoms with E-state index in [1.54, 1.807) is 7.05 Å². The molecule has 3 rings (SSSR count). The molecule has 7 heteroatoms. The number of hydrogen-bond acceptors (Lipinski definition) is 4. The fourth-order valence-corrected chi connectivity index (χ4v) is 4.36. The molecule has 2 atom stereocenters. The lowest BCUT2D eigenvalue weighted by Gasteiger charge is -2.35. The number of nitrogens with zero attached hydrogens (tertiary/aromatic N) is 2. The molecule has 2 unspecified atom stereocenters. The number of aryl methyl sites for hydroxylation is 1. The Labute approximate surface area is 192 Å². The predicted octanol–water partition coefficient (Wildman–Crippen LogP) is 4.08. The number of carbonyl (C=O) groups is 2. The molecule has 6 nitrogen and oxygen atoms in total. The molecule has 1 aliphatic heterocycles. The number of morpholine rings is 1. The zero-order valence-corrected chi connectivity index (χ0v) is 20.1. The standard InChI is InChI=1S/C24H30BrN3O3/c1-16-11-21(25)9-10-22(16)26-23(29)15-27(4)24(30)20-7-5-19(6-8-20)14-28-12-17(2)31-18(3)13-28/h5-11,17-18H,12-15H2,1-4H3,(H,26,29). The van der Waals surface area contributed by atoms with Crippen molar-refractivity contribution in [2.75, 3.05) is 32.0 Å². The summed E-state index contributed by atoms with van der Waals surface area (Å²) in [6.07, 6.45) is 0.455. The molecule has 0 saturated carbocycles. The van der Waals surface area contributed by atoms with Gasteiger partial charge in [0.1, 0.15) is 0 Å². The van der Waals surface area contributed by atoms with Gasteiger partial charge in [0.05, 0.1) is 18.8 Å². The van der Waals surface area contributed by atoms with Crippen LogP contribution >= 0.6 is 15.9 Å². The lowest BCUT2D eigenvalue weighted by molar-refractivity contribution is -0.116. The second-order valence-electron chi connectivity index (χ2n) is 8.32. The lowest BCUT2D eigenvalue weighted by Crippen LogP contribution is -2.44. The fourth-order valence-electron chi connectivity index (χ4n) is 3.89. The topological polar surface area (TPSA) is 61.9 Å². The molecule has 1 fully saturated rings. The van der Waals surface area contributed by atoms with Gasteiger partial charge in [-0.25, -0.2) is 0 Å². The van der Waals surface area contributed by atoms with E-state index in [2.05, 4.69) is 40.0 Å². The van der Waals surface area contributed by atoms with Gasteiger partial charge in [-0.2, -0.15) is 0 Å². The zero-order chi connectivity index (χ0) is 22.5. The molecular formula is C24H30BrN3O3. The van der Waals surface area contributed by atoms with E-state index in [1.165, 1.54) is 4.90 Å². The van der Waals surface area contributed by atoms with Crippen molar-refractivity contribution in [1.29, 1.82) is 0 Å². The smallest absolute Gasteiger partial charge is 0.254 e. The van der Waals surface area contributed by atoms with Crippen LogP contribution in [0, 0.1) is 6.92 Å². The van der Waals surface area contributed by atoms with E-state index in [1.807, 2.05) is 49.4 Å². The van der Waals surface area contributed by atoms with Gasteiger partial charge < -0.3 is 15.0 Å². The highest BCUT2D eigenvalue weighted by atomic mass is 79.9. The van der Waals surface area contributed by atoms with Crippen LogP contribution in [-0.2, 0) is 16.1 Å². The Kier molecular flexibility index (Phi) is 7.86. The normalized spacial score (nSPS) is 19.1. The number of benzene rings is 2. The minimum Gasteiger partial charge on any atom is -0.373 e. The lowest BCUT2D eigenvalue weighted by atomic mass is 10.1. The van der Waals surface area contributed by atoms with Crippen molar-refractivity contribution in [3.05, 3.63) is 63.6 Å². The molecule has 0 spiro atoms. The first-order valence-corrected chi connectivity index (χ1v) is 11.3. The summed E-state index contributed by atoms with van der Waals surface area (Å²) >= 11 is 3.41. The van der Waals surface area contributed by atoms with Crippen molar-refractivity contribution >= 4 is 33.4 Å². The molecule has 0 aromatic heterocycles. The van der Waals surface area contributed by atoms with Crippen LogP contribution < -0.4 is 5.32 Å². The quantitative estimate of drug-likeness (QED) is 0.666. The maximum absolute atomic E-state index is 12.7. The summed E-state index contributed by atoms with van der Waals surface area (Å²) in [5.74, 6) is -0.406. The van der Waals surface area contributed by atoms with Crippen LogP contribution in [0.5, 0.6) is 0 Å². The molecule has 0 bridgehead atoms. The van der Waals surface area contributed by atoms with Gasteiger partial charge >= 0.3 is 0 Å². The number of amides is 2. The van der Waals surface area contributed by atoms with Crippen molar-refractivity contribution < 1.29 is 14.3 Å². The summed E-state index contributed by atoms with van der Waals surface area (Å²) in [5.41, 5.74) is 3.42. The van der Waals surface area contributed by atoms with E-state index >= 15 is 0 Å². The van der Waals surface area contributed by atoms with E-state index in [0.717, 1.165) is 40.9 Å². The maximum atomic E-state index is 12.7. The third-order valence-electron chi connectivity index (χ3n) is 5.29. The fraction of sp³-hybridized carbons (Fsp3) is 0.417. The monoisotopic (exact) mass is 487 g/mol. The van der Waals surface area contributed by atoms with Gasteiger partial charge in [-0.1, -0.05) is 28.1 Å². The summed E-state index contributed by atoms with van der Waals surface area (Å²) in [6, 6.07) is 13.3. The Morgan fingerprint density at radius 3 is 2.39 bits per heavy atom. The molecule has 1 aliphatic rings. The third kappa shape index (κ3) is 6.63. The summed E-state index contributed by atoms with van der Waals surface area (Å²) in [5, 5.41) is 2.87. The Morgan fingerprint density at radius 1 is 1.13 bits per heavy atom. The van der Waals surface area contributed by atoms with Crippen molar-refractivity contribution in [2.24, 2.45) is 0 Å². The van der Waals surface area contributed by atoms with Crippen molar-refractivity contribution in [3.8, 4) is 0 Å². The van der Waals surface area contributed by atoms with Crippen molar-refractivity contribution in [1.82, 2.24) is 9.80 Å². The van der Waals surface area contributed by atoms with Crippen LogP contribution in [0.3, 0.4) is 0 Å². The second-order valence-corrected chi connectivity index (χ2v) is 9.23. The van der Waals surface area contributed by atoms with Gasteiger partial charge in [-0.3, -0.25) is 14.5 Å². The number of anilines is 1. The highest BCUT2D eigenvalue weighted by molar-refractivity contribution is 9.10. The first-order valence-electron chi connectivity index (χ1n) is 10.5. The number of nitrogens with one attached hydrogen (secondary N) is 1. The second kappa shape index (κ2) is 10.4. The van der Waals surface area contributed by atoms with Gasteiger partial charge in [0.15, 0.2) is 0 Å². The van der Waals surface area contributed by atoms with E-state index < -0.39 is 0 Å². The minimum absolute atomic E-state index is 0.0142. The average Bonchev–Trinajstić information content (AvgIpc) is 2.69. The Bertz CT molecular complexity index is 922. The van der Waals surface area contributed by atoms with Gasteiger partial charge in [-0.15, -0.1) is 0 Å². The number of ether oxygens (including phenoxy) is 1. The van der Waals surface area contributed by atoms with Gasteiger partial charge in [0, 0.05) is 42.4 Å². The largest absolute Gasteiger partial charge is 0.373 e. The van der Waals surface area contributed by atoms with E-state index in [9.17, 15) is 9.59 Å². The van der Waals surface area contributed by atoms with Crippen LogP contribution in [0.15, 0.2) is 46.9 Å². The van der Waals surface area contributed by atoms with Crippen molar-refractivity contribution in [2.45, 2.75) is 39.5 Å². The van der Waals surface area contributed by atoms with Gasteiger partial charge in [-0.05, 0) is 62.2 Å². The minimum atomic E-state index is -0.228. The first-order chi connectivity index (χ1) is 14.7. The highest BCUT2D eigenvalue weighted by Gasteiger charge is 2.22. The summed E-state index contributed by atoms with van der Waals surface area (Å²) in [4.78, 5) is 28.9. The molecule has 1 saturated heterocycles. The van der Waals surface area contributed by atoms with Crippen molar-refractivity contribution in [3.63, 3.8) is 0 Å². The van der Waals surface area contributed by atoms with Crippen LogP contribution in [0.1, 0.15) is 35.3 Å². The van der Waals surface area contributed by atoms with E-state index in [0.29, 0.717) is 5.56 Å². The predicted molar refractivity (Wildman–Crippen MR) is 126 cm³/mol. The third-order valence-corrected chi connectivity index (χ3v) is 5.79. The first kappa shape index (κ1) is 23.4. The molecule has 2 aromatic rings. The molecule has 1 N–H and O–H groups in total. The zero-order valence-electron chi connectivity index (χ0n) is 18.5. The summed E-state index contributed by atoms with van der Waals surface area (Å²) in [6.45, 7) is 8.73. The van der Waals surface area contributed by atoms with E-state index in [4.69, 9.17) is 4.74 Å². The Morgan fingerprint density at radius 2 is 1.77 bits per heavy atom. The molecule has 166 valence electrons. The SMILES string of the molecule is Cc1cc(Br)ccc1NC(=O)CN(C)C(=O)c1ccc(CN2CC(C)OC(C)C2)cc1. The number of halogens is 1. The number of hydrogen-bond donors (Lipinski definition) is 1. The Hall–Kier alpha value is -2.22. The highest BCUT2D eigenvalue weighted by Crippen LogP contribution is 2.20. The molecule has 31 heavy (non-hydrogen) atoms. The molecule has 2 amide bonds. The number of rotatable bonds is 6. The van der Waals surface area contributed by atoms with Crippen LogP contribution in [0.4, 0.5) is 5.69 Å². The maximum Gasteiger partial charge on any atom is 0.254 e. The van der Waals surface area contributed by atoms with Gasteiger partial charge in [0.25, 0.3) is 5.91 Å². The van der Waals surface area contributed by atoms with Crippen LogP contribution in [0.25, 0.3) is 0 Å². The van der Waals surface area contributed by atoms with Crippen LogP contribution in [-0.4, -0.2) is 60.5 Å². The molecule has 1 heterocycles. The number of carbonyl (C=O) groups excluding carboxylic acids is 2. The Balaban J connectivity index is 1.54. The molecule has 0 aliphatic carbocycles. The molecular weight excluding hydrogens is 458 g/mol.